The molecule has 4 rings (SSSR count). The smallest absolute Gasteiger partial charge is 0.227 e. The second-order valence-corrected chi connectivity index (χ2v) is 8.57. The molecule has 3 saturated heterocycles. The molecule has 3 aliphatic rings. The summed E-state index contributed by atoms with van der Waals surface area (Å²) >= 11 is 0. The summed E-state index contributed by atoms with van der Waals surface area (Å²) in [6.07, 6.45) is 5.86. The fraction of sp³-hybridized carbons (Fsp3) is 0.800. The van der Waals surface area contributed by atoms with Crippen LogP contribution < -0.4 is 9.80 Å². The predicted octanol–water partition coefficient (Wildman–Crippen LogP) is 1.98. The average molecular weight is 360 g/mol. The molecule has 0 aromatic carbocycles. The van der Waals surface area contributed by atoms with Gasteiger partial charge in [-0.3, -0.25) is 0 Å². The second-order valence-electron chi connectivity index (χ2n) is 8.57. The molecule has 3 fully saturated rings. The van der Waals surface area contributed by atoms with Crippen molar-refractivity contribution in [1.82, 2.24) is 14.9 Å². The third kappa shape index (κ3) is 2.97. The van der Waals surface area contributed by atoms with Gasteiger partial charge in [-0.2, -0.15) is 4.98 Å². The van der Waals surface area contributed by atoms with Gasteiger partial charge >= 0.3 is 0 Å². The molecule has 6 nitrogen and oxygen atoms in total. The highest BCUT2D eigenvalue weighted by Gasteiger charge is 2.46. The first-order valence-corrected chi connectivity index (χ1v) is 10.2. The molecule has 0 unspecified atom stereocenters. The van der Waals surface area contributed by atoms with Gasteiger partial charge in [0, 0.05) is 48.9 Å². The molecule has 0 saturated carbocycles. The van der Waals surface area contributed by atoms with Crippen molar-refractivity contribution in [2.75, 3.05) is 56.2 Å². The Balaban J connectivity index is 1.63. The summed E-state index contributed by atoms with van der Waals surface area (Å²) in [6.45, 7) is 9.75. The lowest BCUT2D eigenvalue weighted by Gasteiger charge is -2.54. The lowest BCUT2D eigenvalue weighted by molar-refractivity contribution is -0.0277. The van der Waals surface area contributed by atoms with Gasteiger partial charge in [0.2, 0.25) is 5.95 Å². The van der Waals surface area contributed by atoms with Crippen LogP contribution in [0.5, 0.6) is 0 Å². The van der Waals surface area contributed by atoms with Gasteiger partial charge < -0.3 is 19.8 Å². The number of aliphatic hydroxyl groups excluding tert-OH is 1. The maximum atomic E-state index is 10.2. The number of hydrogen-bond acceptors (Lipinski definition) is 6. The zero-order chi connectivity index (χ0) is 18.3. The van der Waals surface area contributed by atoms with Crippen molar-refractivity contribution in [3.8, 4) is 0 Å². The maximum Gasteiger partial charge on any atom is 0.227 e. The van der Waals surface area contributed by atoms with Crippen molar-refractivity contribution in [2.24, 2.45) is 5.41 Å². The van der Waals surface area contributed by atoms with Gasteiger partial charge in [-0.1, -0.05) is 0 Å². The molecule has 0 amide bonds. The van der Waals surface area contributed by atoms with E-state index < -0.39 is 0 Å². The zero-order valence-corrected chi connectivity index (χ0v) is 16.5. The third-order valence-electron chi connectivity index (χ3n) is 7.05. The first kappa shape index (κ1) is 18.0. The summed E-state index contributed by atoms with van der Waals surface area (Å²) in [7, 11) is 2.21. The van der Waals surface area contributed by atoms with Crippen LogP contribution in [0, 0.1) is 19.3 Å². The molecule has 0 bridgehead atoms. The second kappa shape index (κ2) is 6.97. The van der Waals surface area contributed by atoms with Gasteiger partial charge in [0.15, 0.2) is 0 Å². The van der Waals surface area contributed by atoms with Gasteiger partial charge in [0.1, 0.15) is 5.82 Å². The van der Waals surface area contributed by atoms with Crippen LogP contribution >= 0.6 is 0 Å². The topological polar surface area (TPSA) is 55.7 Å². The van der Waals surface area contributed by atoms with E-state index in [0.29, 0.717) is 12.6 Å². The summed E-state index contributed by atoms with van der Waals surface area (Å²) in [5.74, 6) is 2.00. The first-order valence-electron chi connectivity index (χ1n) is 10.2. The van der Waals surface area contributed by atoms with Crippen LogP contribution in [0.2, 0.25) is 0 Å². The van der Waals surface area contributed by atoms with Gasteiger partial charge in [0.05, 0.1) is 6.61 Å². The molecule has 0 aliphatic carbocycles. The monoisotopic (exact) mass is 359 g/mol. The SMILES string of the molecule is Cc1nc(N2CCCC2)nc(N2CC[C@@]3(CO)CCCN(C)[C@@H]3C2)c1C. The Morgan fingerprint density at radius 1 is 1.00 bits per heavy atom. The van der Waals surface area contributed by atoms with E-state index in [2.05, 4.69) is 35.6 Å². The van der Waals surface area contributed by atoms with Crippen LogP contribution in [0.1, 0.15) is 43.4 Å². The normalized spacial score (nSPS) is 29.9. The Bertz CT molecular complexity index is 660. The van der Waals surface area contributed by atoms with Gasteiger partial charge in [-0.25, -0.2) is 4.98 Å². The minimum absolute atomic E-state index is 0.0667. The summed E-state index contributed by atoms with van der Waals surface area (Å²) in [5.41, 5.74) is 2.35. The molecule has 144 valence electrons. The molecule has 1 aromatic rings. The minimum Gasteiger partial charge on any atom is -0.396 e. The number of aryl methyl sites for hydroxylation is 1. The number of aliphatic hydroxyl groups is 1. The van der Waals surface area contributed by atoms with E-state index in [9.17, 15) is 5.11 Å². The van der Waals surface area contributed by atoms with Crippen molar-refractivity contribution >= 4 is 11.8 Å². The van der Waals surface area contributed by atoms with Crippen LogP contribution in [0.15, 0.2) is 0 Å². The van der Waals surface area contributed by atoms with E-state index in [4.69, 9.17) is 9.97 Å². The molecule has 1 aromatic heterocycles. The maximum absolute atomic E-state index is 10.2. The standard InChI is InChI=1S/C20H33N5O/c1-15-16(2)21-19(24-10-4-5-11-24)22-18(15)25-12-8-20(14-26)7-6-9-23(3)17(20)13-25/h17,26H,4-14H2,1-3H3/t17-,20-/m1/s1. The molecule has 6 heteroatoms. The van der Waals surface area contributed by atoms with Gasteiger partial charge in [0.25, 0.3) is 0 Å². The molecule has 2 atom stereocenters. The molecular formula is C20H33N5O. The number of hydrogen-bond donors (Lipinski definition) is 1. The molecule has 3 aliphatic heterocycles. The number of nitrogens with zero attached hydrogens (tertiary/aromatic N) is 5. The highest BCUT2D eigenvalue weighted by Crippen LogP contribution is 2.42. The quantitative estimate of drug-likeness (QED) is 0.891. The fourth-order valence-electron chi connectivity index (χ4n) is 5.17. The fourth-order valence-corrected chi connectivity index (χ4v) is 5.17. The van der Waals surface area contributed by atoms with E-state index in [-0.39, 0.29) is 5.41 Å². The van der Waals surface area contributed by atoms with E-state index in [0.717, 1.165) is 63.0 Å². The molecule has 1 N–H and O–H groups in total. The molecule has 26 heavy (non-hydrogen) atoms. The lowest BCUT2D eigenvalue weighted by atomic mass is 9.69. The van der Waals surface area contributed by atoms with E-state index in [1.165, 1.54) is 24.8 Å². The Hall–Kier alpha value is -1.40. The summed E-state index contributed by atoms with van der Waals surface area (Å²) in [5, 5.41) is 10.2. The highest BCUT2D eigenvalue weighted by atomic mass is 16.3. The van der Waals surface area contributed by atoms with Crippen LogP contribution in [-0.4, -0.2) is 72.4 Å². The number of likely N-dealkylation sites (tertiary alicyclic amines) is 1. The summed E-state index contributed by atoms with van der Waals surface area (Å²) in [6, 6.07) is 0.403. The highest BCUT2D eigenvalue weighted by molar-refractivity contribution is 5.53. The number of rotatable bonds is 3. The van der Waals surface area contributed by atoms with Crippen molar-refractivity contribution in [3.63, 3.8) is 0 Å². The number of fused-ring (bicyclic) bond motifs is 1. The average Bonchev–Trinajstić information content (AvgIpc) is 3.19. The van der Waals surface area contributed by atoms with Crippen LogP contribution in [-0.2, 0) is 0 Å². The van der Waals surface area contributed by atoms with E-state index in [1.54, 1.807) is 0 Å². The van der Waals surface area contributed by atoms with Crippen LogP contribution in [0.4, 0.5) is 11.8 Å². The molecule has 0 spiro atoms. The Kier molecular flexibility index (Phi) is 4.82. The number of aromatic nitrogens is 2. The van der Waals surface area contributed by atoms with Crippen molar-refractivity contribution < 1.29 is 5.11 Å². The Morgan fingerprint density at radius 2 is 1.77 bits per heavy atom. The van der Waals surface area contributed by atoms with Crippen LogP contribution in [0.3, 0.4) is 0 Å². The largest absolute Gasteiger partial charge is 0.396 e. The zero-order valence-electron chi connectivity index (χ0n) is 16.5. The van der Waals surface area contributed by atoms with E-state index in [1.807, 2.05) is 0 Å². The first-order chi connectivity index (χ1) is 12.5. The predicted molar refractivity (Wildman–Crippen MR) is 105 cm³/mol. The summed E-state index contributed by atoms with van der Waals surface area (Å²) in [4.78, 5) is 17.0. The summed E-state index contributed by atoms with van der Waals surface area (Å²) < 4.78 is 0. The van der Waals surface area contributed by atoms with Crippen molar-refractivity contribution in [2.45, 2.75) is 52.0 Å². The van der Waals surface area contributed by atoms with Gasteiger partial charge in [-0.15, -0.1) is 0 Å². The number of likely N-dealkylation sites (N-methyl/N-ethyl adjacent to an activating group) is 1. The Labute approximate surface area is 157 Å². The lowest BCUT2D eigenvalue weighted by Crippen LogP contribution is -2.61. The number of anilines is 2. The Morgan fingerprint density at radius 3 is 2.50 bits per heavy atom. The minimum atomic E-state index is 0.0667. The number of piperidine rings is 2. The molecular weight excluding hydrogens is 326 g/mol. The molecule has 0 radical (unpaired) electrons. The van der Waals surface area contributed by atoms with Gasteiger partial charge in [-0.05, 0) is 59.5 Å². The van der Waals surface area contributed by atoms with Crippen molar-refractivity contribution in [3.05, 3.63) is 11.3 Å². The van der Waals surface area contributed by atoms with Crippen molar-refractivity contribution in [1.29, 1.82) is 0 Å². The third-order valence-corrected chi connectivity index (χ3v) is 7.05. The van der Waals surface area contributed by atoms with E-state index >= 15 is 0 Å². The molecule has 4 heterocycles. The van der Waals surface area contributed by atoms with Crippen LogP contribution in [0.25, 0.3) is 0 Å².